The molecule has 9 nitrogen and oxygen atoms in total. The van der Waals surface area contributed by atoms with E-state index in [9.17, 15) is 24.0 Å². The fraction of sp³-hybridized carbons (Fsp3) is 0.844. The van der Waals surface area contributed by atoms with Crippen LogP contribution in [0.2, 0.25) is 0 Å². The van der Waals surface area contributed by atoms with E-state index in [-0.39, 0.29) is 75.5 Å². The number of ether oxygens (including phenoxy) is 2. The van der Waals surface area contributed by atoms with Gasteiger partial charge in [-0.1, -0.05) is 62.3 Å². The number of ketones is 2. The van der Waals surface area contributed by atoms with Gasteiger partial charge >= 0.3 is 12.1 Å². The predicted octanol–water partition coefficient (Wildman–Crippen LogP) is 8.62. The summed E-state index contributed by atoms with van der Waals surface area (Å²) in [6, 6.07) is -0.0237. The maximum Gasteiger partial charge on any atom is 0.407 e. The van der Waals surface area contributed by atoms with Gasteiger partial charge in [-0.2, -0.15) is 0 Å². The molecule has 0 bridgehead atoms. The van der Waals surface area contributed by atoms with Gasteiger partial charge < -0.3 is 19.7 Å². The zero-order valence-corrected chi connectivity index (χ0v) is 35.4. The highest BCUT2D eigenvalue weighted by Gasteiger charge is 2.71. The lowest BCUT2D eigenvalue weighted by Crippen LogP contribution is -2.66. The Kier molecular flexibility index (Phi) is 10.6. The highest BCUT2D eigenvalue weighted by molar-refractivity contribution is 6.07. The molecule has 8 atom stereocenters. The number of alkyl carbamates (subject to hydrolysis) is 1. The largest absolute Gasteiger partial charge is 0.462 e. The highest BCUT2D eigenvalue weighted by atomic mass is 16.5. The van der Waals surface area contributed by atoms with Crippen molar-refractivity contribution in [1.82, 2.24) is 10.2 Å². The molecule has 2 amide bonds. The molecule has 1 aliphatic heterocycles. The molecule has 0 spiro atoms. The van der Waals surface area contributed by atoms with Gasteiger partial charge in [0.2, 0.25) is 5.91 Å². The number of nitrogens with one attached hydrogen (secondary N) is 1. The molecule has 6 aliphatic rings. The van der Waals surface area contributed by atoms with Crippen molar-refractivity contribution in [2.24, 2.45) is 56.2 Å². The first-order valence-electron chi connectivity index (χ1n) is 21.3. The van der Waals surface area contributed by atoms with E-state index in [1.54, 1.807) is 13.8 Å². The van der Waals surface area contributed by atoms with Crippen LogP contribution in [0.1, 0.15) is 153 Å². The van der Waals surface area contributed by atoms with Gasteiger partial charge in [-0.05, 0) is 129 Å². The molecule has 9 heteroatoms. The molecule has 5 aliphatic carbocycles. The smallest absolute Gasteiger partial charge is 0.407 e. The van der Waals surface area contributed by atoms with E-state index in [4.69, 9.17) is 9.47 Å². The summed E-state index contributed by atoms with van der Waals surface area (Å²) in [6.45, 7) is 24.9. The summed E-state index contributed by atoms with van der Waals surface area (Å²) in [7, 11) is 0. The third-order valence-electron chi connectivity index (χ3n) is 17.0. The third-order valence-corrected chi connectivity index (χ3v) is 17.0. The number of fused-ring (bicyclic) bond motifs is 7. The van der Waals surface area contributed by atoms with Gasteiger partial charge in [-0.3, -0.25) is 19.2 Å². The Balaban J connectivity index is 1.26. The first-order chi connectivity index (χ1) is 25.1. The highest BCUT2D eigenvalue weighted by Crippen LogP contribution is 2.77. The zero-order valence-electron chi connectivity index (χ0n) is 35.4. The fourth-order valence-corrected chi connectivity index (χ4v) is 13.6. The van der Waals surface area contributed by atoms with Crippen LogP contribution in [0, 0.1) is 56.2 Å². The number of carbonyl (C=O) groups is 5. The van der Waals surface area contributed by atoms with E-state index >= 15 is 0 Å². The summed E-state index contributed by atoms with van der Waals surface area (Å²) in [5.74, 6) is 1.12. The lowest BCUT2D eigenvalue weighted by molar-refractivity contribution is -0.233. The topological polar surface area (TPSA) is 119 Å². The summed E-state index contributed by atoms with van der Waals surface area (Å²) in [5, 5.41) is 2.96. The second-order valence-corrected chi connectivity index (χ2v) is 20.7. The van der Waals surface area contributed by atoms with Crippen LogP contribution in [0.25, 0.3) is 0 Å². The molecule has 1 saturated heterocycles. The van der Waals surface area contributed by atoms with Crippen molar-refractivity contribution in [3.8, 4) is 0 Å². The van der Waals surface area contributed by atoms with E-state index in [0.29, 0.717) is 57.2 Å². The fourth-order valence-electron chi connectivity index (χ4n) is 13.6. The molecular formula is C45H70N2O7. The molecule has 1 heterocycles. The summed E-state index contributed by atoms with van der Waals surface area (Å²) in [4.78, 5) is 68.6. The van der Waals surface area contributed by atoms with Crippen LogP contribution in [-0.4, -0.2) is 66.3 Å². The van der Waals surface area contributed by atoms with Crippen LogP contribution < -0.4 is 5.32 Å². The number of carbonyl (C=O) groups excluding carboxylic acids is 5. The Morgan fingerprint density at radius 1 is 0.870 bits per heavy atom. The van der Waals surface area contributed by atoms with Crippen LogP contribution in [0.5, 0.6) is 0 Å². The standard InChI is InChI=1S/C45H70N2O7/c1-12-53-39(52)46-29-17-23-47(24-18-29)38(51)45-22-21-43(10)30(37(45)36(27(2)3)31(49)25-45)13-14-33-42(9)19-16-34(54-35(50)26-40(5,6)28(4)48)41(7,8)32(42)15-20-44(33,43)11/h27,29-30,32-34H,12-26H2,1-11H3,(H,46,52)/t30-,32?,33?,34+,42+,43-,44-,45-/m1/s1. The Morgan fingerprint density at radius 2 is 1.54 bits per heavy atom. The van der Waals surface area contributed by atoms with Gasteiger partial charge in [0, 0.05) is 36.4 Å². The lowest BCUT2D eigenvalue weighted by Gasteiger charge is -2.72. The van der Waals surface area contributed by atoms with Gasteiger partial charge in [0.05, 0.1) is 18.4 Å². The molecule has 0 aromatic carbocycles. The van der Waals surface area contributed by atoms with E-state index < -0.39 is 16.9 Å². The number of Topliss-reactive ketones (excluding diaryl/α,β-unsaturated/α-hetero) is 2. The summed E-state index contributed by atoms with van der Waals surface area (Å²) < 4.78 is 11.4. The normalized spacial score (nSPS) is 37.9. The van der Waals surface area contributed by atoms with Crippen molar-refractivity contribution in [2.75, 3.05) is 19.7 Å². The molecule has 5 fully saturated rings. The van der Waals surface area contributed by atoms with Crippen LogP contribution in [0.3, 0.4) is 0 Å². The average molecular weight is 751 g/mol. The maximum absolute atomic E-state index is 14.9. The molecule has 6 rings (SSSR count). The minimum Gasteiger partial charge on any atom is -0.462 e. The quantitative estimate of drug-likeness (QED) is 0.247. The van der Waals surface area contributed by atoms with Gasteiger partial charge in [-0.25, -0.2) is 4.79 Å². The molecular weight excluding hydrogens is 681 g/mol. The van der Waals surface area contributed by atoms with Crippen LogP contribution >= 0.6 is 0 Å². The molecule has 302 valence electrons. The van der Waals surface area contributed by atoms with Crippen molar-refractivity contribution >= 4 is 29.5 Å². The van der Waals surface area contributed by atoms with Crippen molar-refractivity contribution in [3.63, 3.8) is 0 Å². The second kappa shape index (κ2) is 14.0. The van der Waals surface area contributed by atoms with Gasteiger partial charge in [0.1, 0.15) is 11.9 Å². The number of hydrogen-bond acceptors (Lipinski definition) is 7. The summed E-state index contributed by atoms with van der Waals surface area (Å²) in [6.07, 6.45) is 8.79. The minimum absolute atomic E-state index is 0.00169. The Hall–Kier alpha value is -2.71. The first-order valence-corrected chi connectivity index (χ1v) is 21.3. The number of nitrogens with zero attached hydrogens (tertiary/aromatic N) is 1. The Labute approximate surface area is 324 Å². The molecule has 0 aromatic heterocycles. The second-order valence-electron chi connectivity index (χ2n) is 20.7. The average Bonchev–Trinajstić information content (AvgIpc) is 3.39. The molecule has 0 aromatic rings. The minimum atomic E-state index is -0.770. The van der Waals surface area contributed by atoms with E-state index in [1.165, 1.54) is 5.57 Å². The third kappa shape index (κ3) is 6.28. The SMILES string of the molecule is CCOC(=O)NC1CCN(C(=O)[C@@]23CC[C@]4(C)[C@H](CCC5[C@@]6(C)CC[C@H](OC(=O)CC(C)(C)C(C)=O)C(C)(C)C6CC[C@]54C)C2=C(C(C)C)C(=O)C3)CC1. The molecule has 4 saturated carbocycles. The summed E-state index contributed by atoms with van der Waals surface area (Å²) >= 11 is 0. The molecule has 2 unspecified atom stereocenters. The number of esters is 1. The van der Waals surface area contributed by atoms with Gasteiger partial charge in [0.15, 0.2) is 5.78 Å². The number of amides is 2. The number of likely N-dealkylation sites (tertiary alicyclic amines) is 1. The van der Waals surface area contributed by atoms with Crippen molar-refractivity contribution in [2.45, 2.75) is 165 Å². The van der Waals surface area contributed by atoms with Crippen LogP contribution in [-0.2, 0) is 28.7 Å². The molecule has 1 N–H and O–H groups in total. The zero-order chi connectivity index (χ0) is 39.8. The summed E-state index contributed by atoms with van der Waals surface area (Å²) in [5.41, 5.74) is 0.436. The number of hydrogen-bond donors (Lipinski definition) is 1. The number of piperidine rings is 1. The van der Waals surface area contributed by atoms with Crippen LogP contribution in [0.15, 0.2) is 11.1 Å². The lowest BCUT2D eigenvalue weighted by atomic mass is 9.33. The maximum atomic E-state index is 14.9. The van der Waals surface area contributed by atoms with E-state index in [1.807, 2.05) is 18.7 Å². The first kappa shape index (κ1) is 40.9. The molecule has 0 radical (unpaired) electrons. The van der Waals surface area contributed by atoms with Gasteiger partial charge in [-0.15, -0.1) is 0 Å². The van der Waals surface area contributed by atoms with Gasteiger partial charge in [0.25, 0.3) is 0 Å². The monoisotopic (exact) mass is 751 g/mol. The van der Waals surface area contributed by atoms with E-state index in [0.717, 1.165) is 50.5 Å². The predicted molar refractivity (Wildman–Crippen MR) is 208 cm³/mol. The molecule has 54 heavy (non-hydrogen) atoms. The Bertz CT molecular complexity index is 1590. The number of rotatable bonds is 8. The van der Waals surface area contributed by atoms with Crippen molar-refractivity contribution in [3.05, 3.63) is 11.1 Å². The number of allylic oxidation sites excluding steroid dienone is 1. The Morgan fingerprint density at radius 3 is 2.15 bits per heavy atom. The van der Waals surface area contributed by atoms with Crippen molar-refractivity contribution < 1.29 is 33.4 Å². The van der Waals surface area contributed by atoms with Crippen molar-refractivity contribution in [1.29, 1.82) is 0 Å². The van der Waals surface area contributed by atoms with E-state index in [2.05, 4.69) is 53.8 Å². The van der Waals surface area contributed by atoms with Crippen LogP contribution in [0.4, 0.5) is 4.79 Å².